The summed E-state index contributed by atoms with van der Waals surface area (Å²) in [6, 6.07) is -1.12. The molecular weight excluding hydrogens is 425 g/mol. The van der Waals surface area contributed by atoms with Gasteiger partial charge in [0.05, 0.1) is 6.42 Å². The van der Waals surface area contributed by atoms with E-state index in [9.17, 15) is 27.6 Å². The minimum absolute atomic E-state index is 0.309. The Morgan fingerprint density at radius 2 is 1.69 bits per heavy atom. The van der Waals surface area contributed by atoms with Gasteiger partial charge in [0.1, 0.15) is 11.6 Å². The molecule has 178 valence electrons. The molecule has 1 atom stereocenters. The molecule has 0 spiro atoms. The molecular formula is C23H31F3N2O4. The van der Waals surface area contributed by atoms with Gasteiger partial charge in [-0.2, -0.15) is 13.2 Å². The van der Waals surface area contributed by atoms with Crippen LogP contribution in [0.3, 0.4) is 0 Å². The molecule has 1 amide bonds. The minimum atomic E-state index is -4.93. The van der Waals surface area contributed by atoms with Crippen molar-refractivity contribution in [1.82, 2.24) is 9.88 Å². The average molecular weight is 457 g/mol. The van der Waals surface area contributed by atoms with Crippen LogP contribution in [-0.4, -0.2) is 33.8 Å². The number of halogens is 3. The van der Waals surface area contributed by atoms with Gasteiger partial charge in [-0.05, 0) is 56.1 Å². The number of aliphatic carboxylic acids is 1. The maximum atomic E-state index is 13.3. The zero-order chi connectivity index (χ0) is 23.3. The molecule has 0 saturated heterocycles. The number of carboxylic acids is 1. The van der Waals surface area contributed by atoms with Crippen LogP contribution in [-0.2, 0) is 24.2 Å². The predicted octanol–water partition coefficient (Wildman–Crippen LogP) is 4.22. The predicted molar refractivity (Wildman–Crippen MR) is 113 cm³/mol. The summed E-state index contributed by atoms with van der Waals surface area (Å²) in [6.45, 7) is 0.472. The zero-order valence-corrected chi connectivity index (χ0v) is 18.2. The number of carboxylic acid groups (broad SMARTS) is 1. The molecule has 2 aliphatic rings. The molecule has 0 aliphatic heterocycles. The Hall–Kier alpha value is -2.32. The summed E-state index contributed by atoms with van der Waals surface area (Å²) in [6.07, 6.45) is 4.37. The second kappa shape index (κ2) is 10.5. The number of hydrogen-bond donors (Lipinski definition) is 2. The average Bonchev–Trinajstić information content (AvgIpc) is 2.70. The lowest BCUT2D eigenvalue weighted by Crippen LogP contribution is -2.48. The number of amides is 1. The number of hydrogen-bond acceptors (Lipinski definition) is 3. The minimum Gasteiger partial charge on any atom is -0.481 e. The zero-order valence-electron chi connectivity index (χ0n) is 18.2. The first-order valence-electron chi connectivity index (χ1n) is 11.5. The van der Waals surface area contributed by atoms with E-state index in [2.05, 4.69) is 0 Å². The molecule has 9 heteroatoms. The molecule has 2 aliphatic carbocycles. The van der Waals surface area contributed by atoms with Gasteiger partial charge in [0.15, 0.2) is 0 Å². The van der Waals surface area contributed by atoms with E-state index in [0.717, 1.165) is 69.0 Å². The van der Waals surface area contributed by atoms with E-state index in [-0.39, 0.29) is 5.56 Å². The maximum Gasteiger partial charge on any atom is 0.409 e. The van der Waals surface area contributed by atoms with Crippen molar-refractivity contribution in [2.24, 2.45) is 5.92 Å². The number of alkyl halides is 3. The second-order valence-corrected chi connectivity index (χ2v) is 9.03. The molecule has 0 bridgehead atoms. The van der Waals surface area contributed by atoms with Gasteiger partial charge >= 0.3 is 12.1 Å². The quantitative estimate of drug-likeness (QED) is 0.671. The molecule has 1 aromatic rings. The summed E-state index contributed by atoms with van der Waals surface area (Å²) in [4.78, 5) is 36.9. The molecule has 2 N–H and O–H groups in total. The van der Waals surface area contributed by atoms with Crippen LogP contribution in [0.5, 0.6) is 0 Å². The Labute approximate surface area is 185 Å². The number of pyridine rings is 1. The number of aryl methyl sites for hydroxylation is 1. The molecule has 1 fully saturated rings. The lowest BCUT2D eigenvalue weighted by atomic mass is 9.88. The number of nitrogens with zero attached hydrogens (tertiary/aromatic N) is 1. The van der Waals surface area contributed by atoms with Gasteiger partial charge in [-0.3, -0.25) is 14.4 Å². The van der Waals surface area contributed by atoms with Gasteiger partial charge < -0.3 is 15.0 Å². The van der Waals surface area contributed by atoms with E-state index < -0.39 is 36.1 Å². The molecule has 1 unspecified atom stereocenters. The number of fused-ring (bicyclic) bond motifs is 1. The van der Waals surface area contributed by atoms with E-state index in [1.807, 2.05) is 0 Å². The third kappa shape index (κ3) is 6.13. The van der Waals surface area contributed by atoms with Crippen LogP contribution in [0.25, 0.3) is 0 Å². The first-order chi connectivity index (χ1) is 15.2. The van der Waals surface area contributed by atoms with Crippen LogP contribution in [0.15, 0.2) is 10.9 Å². The number of aromatic nitrogens is 1. The Morgan fingerprint density at radius 3 is 2.31 bits per heavy atom. The van der Waals surface area contributed by atoms with E-state index in [1.54, 1.807) is 9.88 Å². The number of carbonyl (C=O) groups excluding carboxylic acids is 1. The van der Waals surface area contributed by atoms with Gasteiger partial charge in [0.25, 0.3) is 11.5 Å². The lowest BCUT2D eigenvalue weighted by molar-refractivity contribution is -0.165. The van der Waals surface area contributed by atoms with Gasteiger partial charge in [0.2, 0.25) is 0 Å². The van der Waals surface area contributed by atoms with E-state index in [4.69, 9.17) is 5.11 Å². The highest BCUT2D eigenvalue weighted by Gasteiger charge is 2.42. The molecule has 1 aromatic heterocycles. The van der Waals surface area contributed by atoms with Gasteiger partial charge in [0, 0.05) is 12.2 Å². The van der Waals surface area contributed by atoms with Crippen LogP contribution in [0.4, 0.5) is 13.2 Å². The van der Waals surface area contributed by atoms with Crippen molar-refractivity contribution in [1.29, 1.82) is 0 Å². The van der Waals surface area contributed by atoms with E-state index in [1.165, 1.54) is 6.07 Å². The fourth-order valence-corrected chi connectivity index (χ4v) is 4.88. The Morgan fingerprint density at radius 1 is 1.06 bits per heavy atom. The first kappa shape index (κ1) is 24.3. The molecule has 1 saturated carbocycles. The van der Waals surface area contributed by atoms with Crippen molar-refractivity contribution >= 4 is 11.9 Å². The third-order valence-corrected chi connectivity index (χ3v) is 6.59. The van der Waals surface area contributed by atoms with E-state index >= 15 is 0 Å². The highest BCUT2D eigenvalue weighted by molar-refractivity contribution is 5.94. The topological polar surface area (TPSA) is 88.4 Å². The standard InChI is InChI=1S/C23H31F3N2O4/c24-23(25,26)19(13-20(29)30)27-21(31)17-12-16-10-6-1-2-7-11-18(16)28(22(17)32)14-15-8-4-3-5-9-15/h12,15,19H,1-11,13-14H2,(H,27,31)(H,29,30). The lowest BCUT2D eigenvalue weighted by Gasteiger charge is -2.27. The van der Waals surface area contributed by atoms with Crippen LogP contribution < -0.4 is 10.9 Å². The fraction of sp³-hybridized carbons (Fsp3) is 0.696. The molecule has 0 radical (unpaired) electrons. The number of carbonyl (C=O) groups is 2. The molecule has 32 heavy (non-hydrogen) atoms. The van der Waals surface area contributed by atoms with Crippen molar-refractivity contribution in [3.8, 4) is 0 Å². The highest BCUT2D eigenvalue weighted by Crippen LogP contribution is 2.27. The highest BCUT2D eigenvalue weighted by atomic mass is 19.4. The Kier molecular flexibility index (Phi) is 8.00. The summed E-state index contributed by atoms with van der Waals surface area (Å²) >= 11 is 0. The van der Waals surface area contributed by atoms with E-state index in [0.29, 0.717) is 25.3 Å². The summed E-state index contributed by atoms with van der Waals surface area (Å²) in [5, 5.41) is 10.6. The van der Waals surface area contributed by atoms with Crippen molar-refractivity contribution in [2.45, 2.75) is 95.8 Å². The normalized spacial score (nSPS) is 18.8. The largest absolute Gasteiger partial charge is 0.481 e. The summed E-state index contributed by atoms with van der Waals surface area (Å²) in [5.74, 6) is -2.54. The molecule has 3 rings (SSSR count). The second-order valence-electron chi connectivity index (χ2n) is 9.03. The summed E-state index contributed by atoms with van der Waals surface area (Å²) in [5.41, 5.74) is 0.824. The Bertz CT molecular complexity index is 888. The van der Waals surface area contributed by atoms with Gasteiger partial charge in [-0.1, -0.05) is 32.1 Å². The Balaban J connectivity index is 1.98. The first-order valence-corrected chi connectivity index (χ1v) is 11.5. The summed E-state index contributed by atoms with van der Waals surface area (Å²) < 4.78 is 41.4. The molecule has 1 heterocycles. The number of rotatable bonds is 6. The maximum absolute atomic E-state index is 13.3. The third-order valence-electron chi connectivity index (χ3n) is 6.59. The summed E-state index contributed by atoms with van der Waals surface area (Å²) in [7, 11) is 0. The van der Waals surface area contributed by atoms with Crippen LogP contribution >= 0.6 is 0 Å². The van der Waals surface area contributed by atoms with Crippen molar-refractivity contribution < 1.29 is 27.9 Å². The van der Waals surface area contributed by atoms with Crippen molar-refractivity contribution in [2.75, 3.05) is 0 Å². The van der Waals surface area contributed by atoms with Crippen LogP contribution in [0.2, 0.25) is 0 Å². The van der Waals surface area contributed by atoms with Gasteiger partial charge in [-0.15, -0.1) is 0 Å². The SMILES string of the molecule is O=C(O)CC(NC(=O)c1cc2c(n(CC3CCCCC3)c1=O)CCCCCC2)C(F)(F)F. The fourth-order valence-electron chi connectivity index (χ4n) is 4.88. The van der Waals surface area contributed by atoms with Crippen LogP contribution in [0, 0.1) is 5.92 Å². The molecule has 0 aromatic carbocycles. The monoisotopic (exact) mass is 456 g/mol. The van der Waals surface area contributed by atoms with Crippen molar-refractivity contribution in [3.63, 3.8) is 0 Å². The molecule has 6 nitrogen and oxygen atoms in total. The smallest absolute Gasteiger partial charge is 0.409 e. The van der Waals surface area contributed by atoms with Gasteiger partial charge in [-0.25, -0.2) is 0 Å². The van der Waals surface area contributed by atoms with Crippen molar-refractivity contribution in [3.05, 3.63) is 33.2 Å². The number of nitrogens with one attached hydrogen (secondary N) is 1. The van der Waals surface area contributed by atoms with Crippen LogP contribution in [0.1, 0.15) is 85.8 Å².